The van der Waals surface area contributed by atoms with Crippen molar-refractivity contribution in [3.63, 3.8) is 0 Å². The third-order valence-corrected chi connectivity index (χ3v) is 2.93. The van der Waals surface area contributed by atoms with Crippen LogP contribution in [0.1, 0.15) is 25.8 Å². The summed E-state index contributed by atoms with van der Waals surface area (Å²) >= 11 is 0. The van der Waals surface area contributed by atoms with Crippen LogP contribution in [0.15, 0.2) is 42.2 Å². The Kier molecular flexibility index (Phi) is 2.53. The number of aliphatic hydroxyl groups is 1. The molecule has 0 bridgehead atoms. The van der Waals surface area contributed by atoms with Crippen LogP contribution in [0.3, 0.4) is 0 Å². The average molecular weight is 204 g/mol. The third-order valence-electron chi connectivity index (χ3n) is 2.93. The molecule has 0 saturated carbocycles. The fraction of sp³-hybridized carbons (Fsp3) is 0.385. The van der Waals surface area contributed by atoms with Gasteiger partial charge in [0.1, 0.15) is 0 Å². The highest BCUT2D eigenvalue weighted by molar-refractivity contribution is 5.22. The Bertz CT molecular complexity index is 369. The van der Waals surface area contributed by atoms with Crippen LogP contribution in [0.2, 0.25) is 0 Å². The van der Waals surface area contributed by atoms with Gasteiger partial charge in [0.15, 0.2) is 0 Å². The molecule has 2 nitrogen and oxygen atoms in total. The van der Waals surface area contributed by atoms with Crippen LogP contribution in [0.25, 0.3) is 0 Å². The van der Waals surface area contributed by atoms with E-state index in [4.69, 9.17) is 4.74 Å². The molecule has 2 rings (SSSR count). The molecular formula is C13H16O2. The van der Waals surface area contributed by atoms with Crippen LogP contribution in [0.4, 0.5) is 0 Å². The summed E-state index contributed by atoms with van der Waals surface area (Å²) in [5.41, 5.74) is 0.824. The molecule has 0 saturated heterocycles. The largest absolute Gasteiger partial charge is 0.463 e. The minimum atomic E-state index is -1.17. The van der Waals surface area contributed by atoms with E-state index in [-0.39, 0.29) is 5.92 Å². The smallest absolute Gasteiger partial charge is 0.237 e. The van der Waals surface area contributed by atoms with Crippen molar-refractivity contribution in [2.24, 2.45) is 5.92 Å². The van der Waals surface area contributed by atoms with Gasteiger partial charge in [-0.2, -0.15) is 0 Å². The van der Waals surface area contributed by atoms with Gasteiger partial charge in [0.25, 0.3) is 0 Å². The molecule has 0 unspecified atom stereocenters. The third kappa shape index (κ3) is 1.77. The van der Waals surface area contributed by atoms with Gasteiger partial charge in [-0.05, 0) is 19.4 Å². The molecule has 2 heteroatoms. The summed E-state index contributed by atoms with van der Waals surface area (Å²) in [7, 11) is 0. The first-order chi connectivity index (χ1) is 7.13. The predicted molar refractivity (Wildman–Crippen MR) is 59.0 cm³/mol. The van der Waals surface area contributed by atoms with E-state index in [0.29, 0.717) is 0 Å². The lowest BCUT2D eigenvalue weighted by atomic mass is 9.88. The highest BCUT2D eigenvalue weighted by Gasteiger charge is 2.39. The maximum atomic E-state index is 10.5. The van der Waals surface area contributed by atoms with E-state index in [1.54, 1.807) is 0 Å². The van der Waals surface area contributed by atoms with Crippen molar-refractivity contribution in [1.29, 1.82) is 0 Å². The number of hydrogen-bond acceptors (Lipinski definition) is 2. The molecule has 0 spiro atoms. The summed E-state index contributed by atoms with van der Waals surface area (Å²) in [6, 6.07) is 9.56. The normalized spacial score (nSPS) is 30.6. The van der Waals surface area contributed by atoms with Gasteiger partial charge in [0.05, 0.1) is 5.76 Å². The highest BCUT2D eigenvalue weighted by Crippen LogP contribution is 2.38. The molecule has 0 aliphatic carbocycles. The Morgan fingerprint density at radius 2 is 2.00 bits per heavy atom. The second-order valence-corrected chi connectivity index (χ2v) is 4.12. The zero-order valence-corrected chi connectivity index (χ0v) is 9.10. The summed E-state index contributed by atoms with van der Waals surface area (Å²) in [4.78, 5) is 0. The van der Waals surface area contributed by atoms with E-state index in [9.17, 15) is 5.11 Å². The number of ether oxygens (including phenoxy) is 1. The maximum absolute atomic E-state index is 10.5. The van der Waals surface area contributed by atoms with E-state index in [0.717, 1.165) is 17.7 Å². The summed E-state index contributed by atoms with van der Waals surface area (Å²) < 4.78 is 5.59. The van der Waals surface area contributed by atoms with Crippen molar-refractivity contribution in [3.05, 3.63) is 47.7 Å². The number of allylic oxidation sites excluding steroid dienone is 2. The van der Waals surface area contributed by atoms with E-state index >= 15 is 0 Å². The van der Waals surface area contributed by atoms with Crippen LogP contribution in [0.5, 0.6) is 0 Å². The molecule has 15 heavy (non-hydrogen) atoms. The summed E-state index contributed by atoms with van der Waals surface area (Å²) in [5, 5.41) is 10.5. The lowest BCUT2D eigenvalue weighted by Gasteiger charge is -2.37. The molecule has 0 radical (unpaired) electrons. The van der Waals surface area contributed by atoms with Gasteiger partial charge < -0.3 is 9.84 Å². The van der Waals surface area contributed by atoms with Crippen molar-refractivity contribution in [1.82, 2.24) is 0 Å². The molecule has 1 N–H and O–H groups in total. The van der Waals surface area contributed by atoms with E-state index < -0.39 is 5.79 Å². The molecule has 2 atom stereocenters. The van der Waals surface area contributed by atoms with Gasteiger partial charge in [-0.1, -0.05) is 37.3 Å². The first kappa shape index (κ1) is 10.2. The minimum absolute atomic E-state index is 0.0728. The molecule has 1 aromatic rings. The number of benzene rings is 1. The zero-order chi connectivity index (χ0) is 10.9. The lowest BCUT2D eigenvalue weighted by Crippen LogP contribution is -2.38. The van der Waals surface area contributed by atoms with E-state index in [1.807, 2.05) is 50.3 Å². The van der Waals surface area contributed by atoms with E-state index in [1.165, 1.54) is 0 Å². The van der Waals surface area contributed by atoms with Gasteiger partial charge in [-0.3, -0.25) is 0 Å². The Morgan fingerprint density at radius 3 is 2.67 bits per heavy atom. The predicted octanol–water partition coefficient (Wildman–Crippen LogP) is 2.79. The highest BCUT2D eigenvalue weighted by atomic mass is 16.6. The topological polar surface area (TPSA) is 29.5 Å². The van der Waals surface area contributed by atoms with Crippen LogP contribution >= 0.6 is 0 Å². The Hall–Kier alpha value is -1.28. The first-order valence-corrected chi connectivity index (χ1v) is 5.26. The van der Waals surface area contributed by atoms with E-state index in [2.05, 4.69) is 0 Å². The van der Waals surface area contributed by atoms with Crippen molar-refractivity contribution < 1.29 is 9.84 Å². The second kappa shape index (κ2) is 3.70. The monoisotopic (exact) mass is 204 g/mol. The Morgan fingerprint density at radius 1 is 1.33 bits per heavy atom. The lowest BCUT2D eigenvalue weighted by molar-refractivity contribution is -0.226. The number of rotatable bonds is 1. The zero-order valence-electron chi connectivity index (χ0n) is 9.10. The Labute approximate surface area is 90.2 Å². The first-order valence-electron chi connectivity index (χ1n) is 5.26. The van der Waals surface area contributed by atoms with Crippen LogP contribution in [-0.4, -0.2) is 5.11 Å². The molecule has 1 aliphatic heterocycles. The SMILES string of the molecule is CC1=CC[C@H](C)[C@@](O)(c2ccccc2)O1. The molecule has 1 aromatic carbocycles. The number of hydrogen-bond donors (Lipinski definition) is 1. The van der Waals surface area contributed by atoms with Crippen LogP contribution in [-0.2, 0) is 10.5 Å². The average Bonchev–Trinajstić information content (AvgIpc) is 2.25. The molecule has 0 fully saturated rings. The molecule has 1 aliphatic rings. The van der Waals surface area contributed by atoms with Crippen molar-refractivity contribution in [2.45, 2.75) is 26.1 Å². The molecular weight excluding hydrogens is 188 g/mol. The van der Waals surface area contributed by atoms with Crippen LogP contribution < -0.4 is 0 Å². The molecule has 0 amide bonds. The van der Waals surface area contributed by atoms with Crippen molar-refractivity contribution >= 4 is 0 Å². The van der Waals surface area contributed by atoms with Crippen LogP contribution in [0, 0.1) is 5.92 Å². The van der Waals surface area contributed by atoms with Gasteiger partial charge in [-0.15, -0.1) is 0 Å². The van der Waals surface area contributed by atoms with Crippen molar-refractivity contribution in [2.75, 3.05) is 0 Å². The fourth-order valence-corrected chi connectivity index (χ4v) is 1.91. The second-order valence-electron chi connectivity index (χ2n) is 4.12. The maximum Gasteiger partial charge on any atom is 0.237 e. The van der Waals surface area contributed by atoms with Gasteiger partial charge in [-0.25, -0.2) is 0 Å². The molecule has 80 valence electrons. The Balaban J connectivity index is 2.38. The van der Waals surface area contributed by atoms with Gasteiger partial charge in [0.2, 0.25) is 5.79 Å². The molecule has 1 heterocycles. The fourth-order valence-electron chi connectivity index (χ4n) is 1.91. The summed E-state index contributed by atoms with van der Waals surface area (Å²) in [6.07, 6.45) is 2.86. The summed E-state index contributed by atoms with van der Waals surface area (Å²) in [5.74, 6) is -0.303. The standard InChI is InChI=1S/C13H16O2/c1-10-8-9-11(2)15-13(10,14)12-6-4-3-5-7-12/h3-7,9-10,14H,8H2,1-2H3/t10-,13-/m0/s1. The molecule has 0 aromatic heterocycles. The summed E-state index contributed by atoms with van der Waals surface area (Å²) in [6.45, 7) is 3.87. The van der Waals surface area contributed by atoms with Crippen molar-refractivity contribution in [3.8, 4) is 0 Å². The van der Waals surface area contributed by atoms with Gasteiger partial charge >= 0.3 is 0 Å². The quantitative estimate of drug-likeness (QED) is 0.762. The van der Waals surface area contributed by atoms with Gasteiger partial charge in [0, 0.05) is 11.5 Å². The minimum Gasteiger partial charge on any atom is -0.463 e.